The molecule has 3 atom stereocenters. The third-order valence-electron chi connectivity index (χ3n) is 7.55. The van der Waals surface area contributed by atoms with Crippen molar-refractivity contribution in [3.63, 3.8) is 0 Å². The number of thiazole rings is 1. The van der Waals surface area contributed by atoms with E-state index in [2.05, 4.69) is 25.5 Å². The van der Waals surface area contributed by atoms with Crippen LogP contribution >= 0.6 is 35.3 Å². The maximum absolute atomic E-state index is 14.2. The zero-order chi connectivity index (χ0) is 27.2. The van der Waals surface area contributed by atoms with Gasteiger partial charge in [-0.1, -0.05) is 11.6 Å². The Morgan fingerprint density at radius 3 is 2.77 bits per heavy atom. The molecule has 3 heterocycles. The summed E-state index contributed by atoms with van der Waals surface area (Å²) in [6, 6.07) is 6.30. The first kappa shape index (κ1) is 29.5. The fourth-order valence-electron chi connectivity index (χ4n) is 5.49. The Morgan fingerprint density at radius 2 is 2.05 bits per heavy atom. The molecule has 12 heteroatoms. The highest BCUT2D eigenvalue weighted by molar-refractivity contribution is 7.13. The number of hydrogen-bond donors (Lipinski definition) is 4. The molecular weight excluding hydrogens is 559 g/mol. The van der Waals surface area contributed by atoms with E-state index in [1.165, 1.54) is 11.3 Å². The van der Waals surface area contributed by atoms with Gasteiger partial charge >= 0.3 is 0 Å². The Hall–Kier alpha value is -2.50. The van der Waals surface area contributed by atoms with Crippen LogP contribution in [0.3, 0.4) is 0 Å². The van der Waals surface area contributed by atoms with Crippen LogP contribution in [0.15, 0.2) is 24.3 Å². The highest BCUT2D eigenvalue weighted by Gasteiger charge is 2.51. The van der Waals surface area contributed by atoms with Gasteiger partial charge in [-0.3, -0.25) is 14.4 Å². The molecule has 5 N–H and O–H groups in total. The Labute approximate surface area is 242 Å². The summed E-state index contributed by atoms with van der Waals surface area (Å²) >= 11 is 7.51. The lowest BCUT2D eigenvalue weighted by atomic mass is 9.69. The summed E-state index contributed by atoms with van der Waals surface area (Å²) in [5.74, 6) is -1.15. The van der Waals surface area contributed by atoms with Crippen LogP contribution in [0.2, 0.25) is 5.02 Å². The molecule has 1 saturated carbocycles. The van der Waals surface area contributed by atoms with Gasteiger partial charge in [0.2, 0.25) is 11.7 Å². The highest BCUT2D eigenvalue weighted by atomic mass is 35.5. The molecule has 0 saturated heterocycles. The zero-order valence-corrected chi connectivity index (χ0v) is 24.6. The second kappa shape index (κ2) is 11.5. The molecule has 2 aliphatic rings. The maximum Gasteiger partial charge on any atom is 0.281 e. The number of nitrogens with two attached hydrogens (primary N) is 1. The third kappa shape index (κ3) is 5.85. The number of ketones is 1. The molecule has 2 amide bonds. The van der Waals surface area contributed by atoms with Crippen LogP contribution in [-0.2, 0) is 17.8 Å². The van der Waals surface area contributed by atoms with Crippen molar-refractivity contribution in [2.45, 2.75) is 63.7 Å². The average Bonchev–Trinajstić information content (AvgIpc) is 3.48. The van der Waals surface area contributed by atoms with Crippen LogP contribution < -0.4 is 16.4 Å². The topological polar surface area (TPSA) is 133 Å². The van der Waals surface area contributed by atoms with E-state index in [9.17, 15) is 14.4 Å². The Morgan fingerprint density at radius 1 is 1.28 bits per heavy atom. The number of carbonyl (C=O) groups excluding carboxylic acids is 3. The number of nitrogens with zero attached hydrogens (tertiary/aromatic N) is 2. The van der Waals surface area contributed by atoms with Crippen LogP contribution in [0.5, 0.6) is 0 Å². The Kier molecular flexibility index (Phi) is 8.73. The van der Waals surface area contributed by atoms with Gasteiger partial charge in [-0.25, -0.2) is 4.98 Å². The molecule has 9 nitrogen and oxygen atoms in total. The first-order chi connectivity index (χ1) is 18.1. The van der Waals surface area contributed by atoms with Gasteiger partial charge in [0.25, 0.3) is 5.91 Å². The van der Waals surface area contributed by atoms with Crippen molar-refractivity contribution in [2.75, 3.05) is 13.6 Å². The van der Waals surface area contributed by atoms with Crippen LogP contribution in [0.25, 0.3) is 10.9 Å². The predicted octanol–water partition coefficient (Wildman–Crippen LogP) is 3.69. The van der Waals surface area contributed by atoms with Gasteiger partial charge in [-0.05, 0) is 64.4 Å². The zero-order valence-electron chi connectivity index (χ0n) is 22.2. The number of aromatic amines is 1. The number of nitrogens with one attached hydrogen (secondary N) is 3. The molecule has 39 heavy (non-hydrogen) atoms. The number of amides is 2. The van der Waals surface area contributed by atoms with E-state index >= 15 is 0 Å². The number of Topliss-reactive ketones (excluding diaryl/α,β-unsaturated/α-hetero) is 1. The van der Waals surface area contributed by atoms with Crippen molar-refractivity contribution in [3.8, 4) is 0 Å². The van der Waals surface area contributed by atoms with Crippen molar-refractivity contribution in [3.05, 3.63) is 50.6 Å². The average molecular weight is 594 g/mol. The largest absolute Gasteiger partial charge is 0.354 e. The molecule has 210 valence electrons. The molecule has 0 radical (unpaired) electrons. The summed E-state index contributed by atoms with van der Waals surface area (Å²) in [6.07, 6.45) is 1.71. The van der Waals surface area contributed by atoms with E-state index in [0.717, 1.165) is 41.0 Å². The number of hydrogen-bond acceptors (Lipinski definition) is 7. The van der Waals surface area contributed by atoms with Gasteiger partial charge in [0.05, 0.1) is 11.4 Å². The molecule has 3 unspecified atom stereocenters. The summed E-state index contributed by atoms with van der Waals surface area (Å²) in [6.45, 7) is 5.44. The van der Waals surface area contributed by atoms with E-state index < -0.39 is 17.5 Å². The van der Waals surface area contributed by atoms with Crippen molar-refractivity contribution < 1.29 is 14.4 Å². The minimum absolute atomic E-state index is 0. The summed E-state index contributed by atoms with van der Waals surface area (Å²) in [4.78, 5) is 51.5. The highest BCUT2D eigenvalue weighted by Crippen LogP contribution is 2.36. The Bertz CT molecular complexity index is 1410. The first-order valence-corrected chi connectivity index (χ1v) is 14.1. The third-order valence-corrected chi connectivity index (χ3v) is 8.86. The van der Waals surface area contributed by atoms with Gasteiger partial charge in [0.1, 0.15) is 5.54 Å². The van der Waals surface area contributed by atoms with Gasteiger partial charge in [0.15, 0.2) is 5.01 Å². The molecule has 0 bridgehead atoms. The number of rotatable bonds is 6. The lowest BCUT2D eigenvalue weighted by molar-refractivity contribution is -0.127. The minimum Gasteiger partial charge on any atom is -0.354 e. The van der Waals surface area contributed by atoms with E-state index in [4.69, 9.17) is 17.3 Å². The standard InChI is InChI=1S/C27H33ClN6O3S.ClH/c1-14(2)30-24(36)15-6-8-27(22(29)12-15,23(35)20-11-16-10-17(28)4-5-18(16)31-20)33-25(37)26-32-19-7-9-34(3)13-21(19)38-26;/h4-5,10-11,14-15,22,31H,6-9,12-13,29H2,1-3H3,(H,30,36)(H,33,37);1H. The van der Waals surface area contributed by atoms with Crippen molar-refractivity contribution >= 4 is 63.8 Å². The maximum atomic E-state index is 14.2. The summed E-state index contributed by atoms with van der Waals surface area (Å²) in [5.41, 5.74) is 7.34. The summed E-state index contributed by atoms with van der Waals surface area (Å²) in [7, 11) is 2.04. The van der Waals surface area contributed by atoms with E-state index in [0.29, 0.717) is 22.1 Å². The number of aromatic nitrogens is 2. The van der Waals surface area contributed by atoms with Crippen molar-refractivity contribution in [1.82, 2.24) is 25.5 Å². The molecule has 1 fully saturated rings. The summed E-state index contributed by atoms with van der Waals surface area (Å²) < 4.78 is 0. The second-order valence-corrected chi connectivity index (χ2v) is 12.3. The van der Waals surface area contributed by atoms with Crippen molar-refractivity contribution in [2.24, 2.45) is 11.7 Å². The normalized spacial score (nSPS) is 23.2. The van der Waals surface area contributed by atoms with Gasteiger partial charge in [0, 0.05) is 58.3 Å². The fourth-order valence-corrected chi connectivity index (χ4v) is 6.75. The Balaban J connectivity index is 0.00000353. The molecular formula is C27H34Cl2N6O3S. The number of benzene rings is 1. The molecule has 3 aromatic rings. The van der Waals surface area contributed by atoms with Gasteiger partial charge < -0.3 is 26.3 Å². The van der Waals surface area contributed by atoms with Gasteiger partial charge in [-0.2, -0.15) is 0 Å². The SMILES string of the molecule is CC(C)NC(=O)C1CCC(NC(=O)c2nc3c(s2)CN(C)CC3)(C(=O)c2cc3cc(Cl)ccc3[nH]2)C(N)C1.Cl. The lowest BCUT2D eigenvalue weighted by Crippen LogP contribution is -2.67. The minimum atomic E-state index is -1.39. The number of fused-ring (bicyclic) bond motifs is 2. The molecule has 5 rings (SSSR count). The van der Waals surface area contributed by atoms with Crippen LogP contribution in [0.1, 0.15) is 64.0 Å². The van der Waals surface area contributed by atoms with E-state index in [-0.39, 0.29) is 48.9 Å². The molecule has 0 spiro atoms. The lowest BCUT2D eigenvalue weighted by Gasteiger charge is -2.43. The van der Waals surface area contributed by atoms with Crippen LogP contribution in [0.4, 0.5) is 0 Å². The monoisotopic (exact) mass is 592 g/mol. The van der Waals surface area contributed by atoms with Crippen LogP contribution in [-0.4, -0.2) is 63.7 Å². The van der Waals surface area contributed by atoms with Gasteiger partial charge in [-0.15, -0.1) is 23.7 Å². The number of likely N-dealkylation sites (N-methyl/N-ethyl adjacent to an activating group) is 1. The molecule has 1 aromatic carbocycles. The second-order valence-electron chi connectivity index (χ2n) is 10.8. The van der Waals surface area contributed by atoms with E-state index in [1.807, 2.05) is 27.0 Å². The first-order valence-electron chi connectivity index (χ1n) is 12.9. The summed E-state index contributed by atoms with van der Waals surface area (Å²) in [5, 5.41) is 7.64. The number of halogens is 2. The van der Waals surface area contributed by atoms with E-state index in [1.54, 1.807) is 18.2 Å². The van der Waals surface area contributed by atoms with Crippen molar-refractivity contribution in [1.29, 1.82) is 0 Å². The molecule has 1 aliphatic carbocycles. The fraction of sp³-hybridized carbons (Fsp3) is 0.481. The molecule has 2 aromatic heterocycles. The smallest absolute Gasteiger partial charge is 0.281 e. The predicted molar refractivity (Wildman–Crippen MR) is 156 cm³/mol. The number of H-pyrrole nitrogens is 1. The molecule has 1 aliphatic heterocycles. The number of carbonyl (C=O) groups is 3. The quantitative estimate of drug-likeness (QED) is 0.323. The van der Waals surface area contributed by atoms with Crippen LogP contribution in [0, 0.1) is 5.92 Å².